The zero-order valence-corrected chi connectivity index (χ0v) is 15.6. The second kappa shape index (κ2) is 12.6. The maximum absolute atomic E-state index is 10.0. The number of hydrogen-bond acceptors (Lipinski definition) is 5. The van der Waals surface area contributed by atoms with E-state index in [1.165, 1.54) is 0 Å². The summed E-state index contributed by atoms with van der Waals surface area (Å²) in [7, 11) is 0.273. The SMILES string of the molecule is COS(OC)=P([O-])([O-])[O-].[Na+].[Na+].[Na+]. The first-order valence-electron chi connectivity index (χ1n) is 1.88. The summed E-state index contributed by atoms with van der Waals surface area (Å²) in [5, 5.41) is 0. The molecule has 0 unspecified atom stereocenters. The summed E-state index contributed by atoms with van der Waals surface area (Å²) in [6.07, 6.45) is 0. The summed E-state index contributed by atoms with van der Waals surface area (Å²) >= 11 is 0. The maximum atomic E-state index is 10.0. The molecule has 0 atom stereocenters. The van der Waals surface area contributed by atoms with E-state index in [2.05, 4.69) is 8.37 Å². The van der Waals surface area contributed by atoms with Crippen molar-refractivity contribution in [3.8, 4) is 0 Å². The van der Waals surface area contributed by atoms with E-state index in [-0.39, 0.29) is 88.7 Å². The van der Waals surface area contributed by atoms with Crippen molar-refractivity contribution < 1.29 is 112 Å². The average molecular weight is 242 g/mol. The first kappa shape index (κ1) is 24.7. The Morgan fingerprint density at radius 3 is 1.17 bits per heavy atom. The minimum Gasteiger partial charge on any atom is -0.845 e. The van der Waals surface area contributed by atoms with Crippen molar-refractivity contribution in [3.05, 3.63) is 0 Å². The molecule has 0 rings (SSSR count). The van der Waals surface area contributed by atoms with Gasteiger partial charge in [-0.2, -0.15) is 0 Å². The van der Waals surface area contributed by atoms with Gasteiger partial charge in [0.2, 0.25) is 0 Å². The molecule has 0 bridgehead atoms. The van der Waals surface area contributed by atoms with Gasteiger partial charge in [0.15, 0.2) is 0 Å². The molecular formula is C2H6Na3O5PS. The van der Waals surface area contributed by atoms with Gasteiger partial charge < -0.3 is 29.8 Å². The fraction of sp³-hybridized carbons (Fsp3) is 1.00. The number of rotatable bonds is 2. The Morgan fingerprint density at radius 2 is 1.17 bits per heavy atom. The summed E-state index contributed by atoms with van der Waals surface area (Å²) in [6, 6.07) is 0. The van der Waals surface area contributed by atoms with Crippen LogP contribution in [0, 0.1) is 0 Å². The van der Waals surface area contributed by atoms with Crippen molar-refractivity contribution in [2.45, 2.75) is 0 Å². The molecule has 0 spiro atoms. The molecular weight excluding hydrogens is 236 g/mol. The zero-order chi connectivity index (χ0) is 7.49. The fourth-order valence-corrected chi connectivity index (χ4v) is 1.85. The third-order valence-corrected chi connectivity index (χ3v) is 3.39. The molecule has 10 heteroatoms. The average Bonchev–Trinajstić information content (AvgIpc) is 1.65. The van der Waals surface area contributed by atoms with Crippen LogP contribution in [0.15, 0.2) is 0 Å². The summed E-state index contributed by atoms with van der Waals surface area (Å²) in [5.41, 5.74) is 0. The molecule has 58 valence electrons. The standard InChI is InChI=1S/C2H6O5PS.3Na/c1-6-9(7-2)8(3,4)5;;;/h1-2H3;;;/q-3;3*+1. The van der Waals surface area contributed by atoms with E-state index < -0.39 is 17.4 Å². The molecule has 0 N–H and O–H groups in total. The van der Waals surface area contributed by atoms with Crippen molar-refractivity contribution in [3.63, 3.8) is 0 Å². The molecule has 0 amide bonds. The van der Waals surface area contributed by atoms with E-state index in [4.69, 9.17) is 0 Å². The van der Waals surface area contributed by atoms with Crippen molar-refractivity contribution in [1.82, 2.24) is 0 Å². The first-order valence-corrected chi connectivity index (χ1v) is 5.10. The van der Waals surface area contributed by atoms with Crippen LogP contribution in [0.3, 0.4) is 0 Å². The second-order valence-electron chi connectivity index (χ2n) is 0.998. The molecule has 0 aromatic carbocycles. The molecule has 12 heavy (non-hydrogen) atoms. The Hall–Kier alpha value is 3.58. The van der Waals surface area contributed by atoms with E-state index in [9.17, 15) is 14.7 Å². The van der Waals surface area contributed by atoms with Gasteiger partial charge in [-0.05, 0) is 0 Å². The third-order valence-electron chi connectivity index (χ3n) is 0.468. The largest absolute Gasteiger partial charge is 1.00 e. The fourth-order valence-electron chi connectivity index (χ4n) is 0.251. The molecule has 0 aliphatic heterocycles. The van der Waals surface area contributed by atoms with E-state index in [1.807, 2.05) is 0 Å². The van der Waals surface area contributed by atoms with Gasteiger partial charge in [-0.15, -0.1) is 0 Å². The van der Waals surface area contributed by atoms with Crippen LogP contribution in [0.1, 0.15) is 0 Å². The van der Waals surface area contributed by atoms with E-state index in [0.717, 1.165) is 14.2 Å². The van der Waals surface area contributed by atoms with Crippen LogP contribution in [0.4, 0.5) is 0 Å². The Morgan fingerprint density at radius 1 is 0.917 bits per heavy atom. The van der Waals surface area contributed by atoms with Crippen molar-refractivity contribution in [2.75, 3.05) is 14.2 Å². The monoisotopic (exact) mass is 242 g/mol. The van der Waals surface area contributed by atoms with Crippen LogP contribution in [0.2, 0.25) is 0 Å². The first-order chi connectivity index (χ1) is 4.02. The van der Waals surface area contributed by atoms with Gasteiger partial charge >= 0.3 is 88.7 Å². The second-order valence-corrected chi connectivity index (χ2v) is 5.23. The van der Waals surface area contributed by atoms with Crippen LogP contribution in [0.5, 0.6) is 0 Å². The quantitative estimate of drug-likeness (QED) is 0.354. The Balaban J connectivity index is -0.000000107. The molecule has 0 saturated heterocycles. The summed E-state index contributed by atoms with van der Waals surface area (Å²) in [5.74, 6) is 0. The molecule has 5 nitrogen and oxygen atoms in total. The topological polar surface area (TPSA) is 87.6 Å². The van der Waals surface area contributed by atoms with Crippen LogP contribution < -0.4 is 103 Å². The Kier molecular flexibility index (Phi) is 26.0. The summed E-state index contributed by atoms with van der Waals surface area (Å²) in [4.78, 5) is 30.1. The third kappa shape index (κ3) is 11.7. The van der Waals surface area contributed by atoms with E-state index in [1.54, 1.807) is 0 Å². The minimum absolute atomic E-state index is 0. The molecule has 0 aliphatic rings. The van der Waals surface area contributed by atoms with Gasteiger partial charge in [-0.1, -0.05) is 0 Å². The van der Waals surface area contributed by atoms with Gasteiger partial charge in [-0.25, -0.2) is 0 Å². The summed E-state index contributed by atoms with van der Waals surface area (Å²) in [6.45, 7) is -4.69. The zero-order valence-electron chi connectivity index (χ0n) is 7.90. The van der Waals surface area contributed by atoms with Crippen LogP contribution in [-0.2, 0) is 19.0 Å². The summed E-state index contributed by atoms with van der Waals surface area (Å²) < 4.78 is 8.36. The van der Waals surface area contributed by atoms with Gasteiger partial charge in [0, 0.05) is 10.6 Å². The van der Waals surface area contributed by atoms with E-state index >= 15 is 0 Å². The minimum atomic E-state index is -4.69. The smallest absolute Gasteiger partial charge is 0.845 e. The van der Waals surface area contributed by atoms with Crippen LogP contribution in [0.25, 0.3) is 0 Å². The Labute approximate surface area is 141 Å². The predicted molar refractivity (Wildman–Crippen MR) is 28.3 cm³/mol. The van der Waals surface area contributed by atoms with Gasteiger partial charge in [0.1, 0.15) is 0 Å². The van der Waals surface area contributed by atoms with Crippen molar-refractivity contribution in [2.24, 2.45) is 0 Å². The van der Waals surface area contributed by atoms with Gasteiger partial charge in [-0.3, -0.25) is 0 Å². The van der Waals surface area contributed by atoms with Gasteiger partial charge in [0.05, 0.1) is 14.2 Å². The molecule has 0 aromatic heterocycles. The van der Waals surface area contributed by atoms with Crippen molar-refractivity contribution >= 4 is 17.4 Å². The predicted octanol–water partition coefficient (Wildman–Crippen LogP) is -11.5. The molecule has 0 aliphatic carbocycles. The molecule has 0 saturated carbocycles. The van der Waals surface area contributed by atoms with Crippen molar-refractivity contribution in [1.29, 1.82) is 0 Å². The van der Waals surface area contributed by atoms with Gasteiger partial charge in [0.25, 0.3) is 0 Å². The van der Waals surface area contributed by atoms with E-state index in [0.29, 0.717) is 0 Å². The molecule has 0 heterocycles. The molecule has 0 radical (unpaired) electrons. The Bertz CT molecular complexity index is 133. The van der Waals surface area contributed by atoms with Crippen LogP contribution >= 0.6 is 6.72 Å². The normalized spacial score (nSPS) is 9.50. The maximum Gasteiger partial charge on any atom is 1.00 e. The number of hydrogen-bond donors (Lipinski definition) is 0. The molecule has 0 fully saturated rings. The molecule has 0 aromatic rings. The van der Waals surface area contributed by atoms with Crippen LogP contribution in [-0.4, -0.2) is 14.2 Å².